The van der Waals surface area contributed by atoms with Gasteiger partial charge in [-0.1, -0.05) is 12.1 Å². The highest BCUT2D eigenvalue weighted by molar-refractivity contribution is 8.00. The molecule has 37 heavy (non-hydrogen) atoms. The number of thioether (sulfide) groups is 1. The second kappa shape index (κ2) is 8.46. The molecule has 1 aromatic carbocycles. The Morgan fingerprint density at radius 3 is 2.38 bits per heavy atom. The van der Waals surface area contributed by atoms with E-state index in [9.17, 15) is 57.5 Å². The second-order valence-corrected chi connectivity index (χ2v) is 10.7. The van der Waals surface area contributed by atoms with Crippen molar-refractivity contribution in [3.05, 3.63) is 46.2 Å². The number of aliphatic hydroxyl groups excluding tert-OH is 3. The maximum absolute atomic E-state index is 14.5. The Hall–Kier alpha value is -3.10. The van der Waals surface area contributed by atoms with Crippen LogP contribution in [0.4, 0.5) is 17.6 Å². The first-order valence-electron chi connectivity index (χ1n) is 10.8. The topological polar surface area (TPSA) is 178 Å². The fourth-order valence-corrected chi connectivity index (χ4v) is 6.35. The number of aliphatic hydroxyl groups is 4. The van der Waals surface area contributed by atoms with Crippen molar-refractivity contribution in [3.63, 3.8) is 0 Å². The molecule has 3 aliphatic rings. The quantitative estimate of drug-likeness (QED) is 0.243. The fraction of sp³-hybridized carbons (Fsp3) is 0.435. The molecule has 1 saturated carbocycles. The zero-order valence-electron chi connectivity index (χ0n) is 18.9. The van der Waals surface area contributed by atoms with Crippen molar-refractivity contribution < 1.29 is 57.5 Å². The van der Waals surface area contributed by atoms with Gasteiger partial charge in [-0.25, -0.2) is 4.39 Å². The molecule has 0 aromatic heterocycles. The number of phenolic OH excluding ortho intramolecular Hbond substituents is 1. The van der Waals surface area contributed by atoms with Gasteiger partial charge in [-0.2, -0.15) is 13.2 Å². The zero-order chi connectivity index (χ0) is 27.8. The number of aromatic hydroxyl groups is 1. The summed E-state index contributed by atoms with van der Waals surface area (Å²) in [5, 5.41) is 50.7. The van der Waals surface area contributed by atoms with Crippen LogP contribution >= 0.6 is 11.8 Å². The molecule has 0 heterocycles. The summed E-state index contributed by atoms with van der Waals surface area (Å²) in [6.07, 6.45) is -8.10. The number of nitrogens with two attached hydrogens (primary N) is 1. The average molecular weight is 547 g/mol. The van der Waals surface area contributed by atoms with Crippen molar-refractivity contribution in [2.24, 2.45) is 17.6 Å². The van der Waals surface area contributed by atoms with E-state index in [1.807, 2.05) is 0 Å². The molecular formula is C23H21F4NO8S. The lowest BCUT2D eigenvalue weighted by molar-refractivity contribution is -0.188. The molecule has 1 fully saturated rings. The number of hydrogen-bond acceptors (Lipinski definition) is 9. The van der Waals surface area contributed by atoms with E-state index < -0.39 is 104 Å². The molecule has 4 rings (SSSR count). The molecule has 0 spiro atoms. The van der Waals surface area contributed by atoms with E-state index in [-0.39, 0.29) is 24.2 Å². The molecule has 1 aromatic rings. The molecule has 0 bridgehead atoms. The number of fused-ring (bicyclic) bond motifs is 3. The molecule has 6 atom stereocenters. The summed E-state index contributed by atoms with van der Waals surface area (Å²) in [4.78, 5) is 37.8. The Bertz CT molecular complexity index is 1290. The predicted molar refractivity (Wildman–Crippen MR) is 120 cm³/mol. The summed E-state index contributed by atoms with van der Waals surface area (Å²) in [5.74, 6) is -12.4. The zero-order valence-corrected chi connectivity index (χ0v) is 19.7. The van der Waals surface area contributed by atoms with Crippen molar-refractivity contribution >= 4 is 35.0 Å². The Balaban J connectivity index is 1.93. The first-order chi connectivity index (χ1) is 17.0. The normalized spacial score (nSPS) is 31.4. The van der Waals surface area contributed by atoms with Gasteiger partial charge in [-0.3, -0.25) is 14.4 Å². The van der Waals surface area contributed by atoms with Crippen LogP contribution in [-0.4, -0.2) is 71.6 Å². The van der Waals surface area contributed by atoms with Crippen LogP contribution in [0.15, 0.2) is 35.1 Å². The van der Waals surface area contributed by atoms with Gasteiger partial charge >= 0.3 is 6.18 Å². The number of ketones is 2. The highest BCUT2D eigenvalue weighted by Gasteiger charge is 2.65. The van der Waals surface area contributed by atoms with Gasteiger partial charge in [0, 0.05) is 35.5 Å². The van der Waals surface area contributed by atoms with E-state index in [4.69, 9.17) is 5.73 Å². The molecule has 3 aliphatic carbocycles. The minimum atomic E-state index is -5.28. The standard InChI is InChI=1S/C23H21F4NO8S/c1-21(24,23(25,26)27)37-6-8-7-3-2-4-10(29)12(7)17(32)15-13(8)16(31)9-5-11(30)14(20(28)35)18(33)22(9,36)19(15)34/h2-4,8-9,13,16,29,31-33,36H,5-6H2,1H3,(H2,28,35)/t8-,9+,13+,16+,21?,22+/m0/s1. The lowest BCUT2D eigenvalue weighted by Gasteiger charge is -2.51. The largest absolute Gasteiger partial charge is 0.508 e. The lowest BCUT2D eigenvalue weighted by Crippen LogP contribution is -2.64. The molecule has 14 heteroatoms. The third kappa shape index (κ3) is 3.72. The van der Waals surface area contributed by atoms with Gasteiger partial charge in [0.2, 0.25) is 10.8 Å². The molecule has 200 valence electrons. The molecule has 1 unspecified atom stereocenters. The van der Waals surface area contributed by atoms with Crippen molar-refractivity contribution in [1.29, 1.82) is 0 Å². The molecule has 9 nitrogen and oxygen atoms in total. The summed E-state index contributed by atoms with van der Waals surface area (Å²) >= 11 is -0.194. The SMILES string of the molecule is CC(F)(SC[C@H]1c2cccc(O)c2C(O)=C2C(=O)[C@]3(O)C(O)=C(C(N)=O)C(=O)C[C@@H]3[C@@H](O)[C@@H]21)C(F)(F)F. The summed E-state index contributed by atoms with van der Waals surface area (Å²) in [5.41, 5.74) is -0.277. The van der Waals surface area contributed by atoms with Gasteiger partial charge in [0.1, 0.15) is 22.8 Å². The van der Waals surface area contributed by atoms with Gasteiger partial charge in [0.25, 0.3) is 5.91 Å². The van der Waals surface area contributed by atoms with Gasteiger partial charge < -0.3 is 31.3 Å². The second-order valence-electron chi connectivity index (χ2n) is 9.27. The number of benzene rings is 1. The van der Waals surface area contributed by atoms with Gasteiger partial charge in [0.15, 0.2) is 11.4 Å². The van der Waals surface area contributed by atoms with Crippen LogP contribution < -0.4 is 5.73 Å². The number of primary amides is 1. The van der Waals surface area contributed by atoms with Crippen LogP contribution in [0, 0.1) is 11.8 Å². The average Bonchev–Trinajstić information content (AvgIpc) is 2.77. The number of alkyl halides is 4. The maximum Gasteiger partial charge on any atom is 0.431 e. The molecule has 0 radical (unpaired) electrons. The highest BCUT2D eigenvalue weighted by Crippen LogP contribution is 2.57. The van der Waals surface area contributed by atoms with Crippen molar-refractivity contribution in [2.45, 2.75) is 42.1 Å². The van der Waals surface area contributed by atoms with E-state index in [1.165, 1.54) is 12.1 Å². The number of phenols is 1. The molecule has 1 amide bonds. The number of Topliss-reactive ketones (excluding diaryl/α,β-unsaturated/α-hetero) is 2. The van der Waals surface area contributed by atoms with E-state index in [0.717, 1.165) is 6.07 Å². The third-order valence-corrected chi connectivity index (χ3v) is 8.51. The van der Waals surface area contributed by atoms with Crippen molar-refractivity contribution in [2.75, 3.05) is 5.75 Å². The minimum Gasteiger partial charge on any atom is -0.508 e. The van der Waals surface area contributed by atoms with Crippen molar-refractivity contribution in [3.8, 4) is 5.75 Å². The predicted octanol–water partition coefficient (Wildman–Crippen LogP) is 1.92. The number of carbonyl (C=O) groups is 3. The first-order valence-corrected chi connectivity index (χ1v) is 11.8. The summed E-state index contributed by atoms with van der Waals surface area (Å²) in [7, 11) is 0. The van der Waals surface area contributed by atoms with E-state index in [0.29, 0.717) is 0 Å². The number of rotatable bonds is 4. The Labute approximate surface area is 210 Å². The number of halogens is 4. The molecular weight excluding hydrogens is 526 g/mol. The fourth-order valence-electron chi connectivity index (χ4n) is 5.30. The van der Waals surface area contributed by atoms with Gasteiger partial charge in [-0.15, -0.1) is 11.8 Å². The maximum atomic E-state index is 14.5. The molecule has 0 aliphatic heterocycles. The Kier molecular flexibility index (Phi) is 6.16. The van der Waals surface area contributed by atoms with Crippen LogP contribution in [0.3, 0.4) is 0 Å². The number of hydrogen-bond donors (Lipinski definition) is 6. The van der Waals surface area contributed by atoms with E-state index in [1.54, 1.807) is 0 Å². The molecule has 7 N–H and O–H groups in total. The summed E-state index contributed by atoms with van der Waals surface area (Å²) < 4.78 is 54.1. The Morgan fingerprint density at radius 2 is 1.81 bits per heavy atom. The van der Waals surface area contributed by atoms with Gasteiger partial charge in [-0.05, 0) is 18.6 Å². The summed E-state index contributed by atoms with van der Waals surface area (Å²) in [6, 6.07) is 3.68. The minimum absolute atomic E-state index is 0.0197. The first kappa shape index (κ1) is 26.9. The van der Waals surface area contributed by atoms with Gasteiger partial charge in [0.05, 0.1) is 11.7 Å². The Morgan fingerprint density at radius 1 is 1.19 bits per heavy atom. The van der Waals surface area contributed by atoms with Crippen LogP contribution in [0.2, 0.25) is 0 Å². The smallest absolute Gasteiger partial charge is 0.431 e. The highest BCUT2D eigenvalue weighted by atomic mass is 32.2. The van der Waals surface area contributed by atoms with Crippen LogP contribution in [-0.2, 0) is 14.4 Å². The van der Waals surface area contributed by atoms with Crippen LogP contribution in [0.5, 0.6) is 5.75 Å². The van der Waals surface area contributed by atoms with Crippen LogP contribution in [0.1, 0.15) is 30.4 Å². The monoisotopic (exact) mass is 547 g/mol. The molecule has 0 saturated heterocycles. The van der Waals surface area contributed by atoms with Crippen molar-refractivity contribution in [1.82, 2.24) is 0 Å². The third-order valence-electron chi connectivity index (χ3n) is 7.21. The summed E-state index contributed by atoms with van der Waals surface area (Å²) in [6.45, 7) is 0.285. The van der Waals surface area contributed by atoms with Crippen LogP contribution in [0.25, 0.3) is 5.76 Å². The lowest BCUT2D eigenvalue weighted by atomic mass is 9.55. The number of amides is 1. The van der Waals surface area contributed by atoms with E-state index >= 15 is 0 Å². The number of carbonyl (C=O) groups excluding carboxylic acids is 3. The van der Waals surface area contributed by atoms with E-state index in [2.05, 4.69) is 0 Å².